The number of pyridine rings is 1. The van der Waals surface area contributed by atoms with E-state index in [4.69, 9.17) is 16.3 Å². The van der Waals surface area contributed by atoms with Gasteiger partial charge < -0.3 is 9.64 Å². The first-order valence-electron chi connectivity index (χ1n) is 5.07. The van der Waals surface area contributed by atoms with E-state index in [0.29, 0.717) is 0 Å². The number of esters is 1. The van der Waals surface area contributed by atoms with Gasteiger partial charge in [-0.15, -0.1) is 0 Å². The van der Waals surface area contributed by atoms with Crippen LogP contribution in [0.15, 0.2) is 18.3 Å². The van der Waals surface area contributed by atoms with E-state index < -0.39 is 5.97 Å². The van der Waals surface area contributed by atoms with Gasteiger partial charge in [-0.2, -0.15) is 0 Å². The summed E-state index contributed by atoms with van der Waals surface area (Å²) in [7, 11) is 1.50. The molecule has 0 aliphatic rings. The lowest BCUT2D eigenvalue weighted by atomic mass is 10.2. The van der Waals surface area contributed by atoms with Crippen LogP contribution in [-0.2, 0) is 9.53 Å². The fraction of sp³-hybridized carbons (Fsp3) is 0.364. The topological polar surface area (TPSA) is 59.5 Å². The maximum atomic E-state index is 11.9. The van der Waals surface area contributed by atoms with Gasteiger partial charge in [0.1, 0.15) is 11.7 Å². The Hall–Kier alpha value is -1.62. The molecular weight excluding hydrogens is 244 g/mol. The highest BCUT2D eigenvalue weighted by molar-refractivity contribution is 6.32. The van der Waals surface area contributed by atoms with E-state index in [2.05, 4.69) is 4.98 Å². The van der Waals surface area contributed by atoms with Gasteiger partial charge in [-0.3, -0.25) is 9.59 Å². The molecule has 0 aliphatic carbocycles. The van der Waals surface area contributed by atoms with Crippen molar-refractivity contribution in [2.75, 3.05) is 20.2 Å². The molecule has 17 heavy (non-hydrogen) atoms. The molecule has 0 spiro atoms. The summed E-state index contributed by atoms with van der Waals surface area (Å²) >= 11 is 5.79. The highest BCUT2D eigenvalue weighted by Gasteiger charge is 2.18. The minimum absolute atomic E-state index is 0.113. The summed E-state index contributed by atoms with van der Waals surface area (Å²) in [6.45, 7) is 1.88. The van der Waals surface area contributed by atoms with E-state index in [-0.39, 0.29) is 29.8 Å². The fourth-order valence-electron chi connectivity index (χ4n) is 1.22. The second-order valence-electron chi connectivity index (χ2n) is 3.31. The van der Waals surface area contributed by atoms with E-state index in [1.165, 1.54) is 18.1 Å². The standard InChI is InChI=1S/C11H13ClN2O3/c1-3-17-9(15)7-14(2)11(16)8-5-4-6-13-10(8)12/h4-6H,3,7H2,1-2H3. The molecule has 0 fully saturated rings. The predicted molar refractivity (Wildman–Crippen MR) is 62.8 cm³/mol. The number of halogens is 1. The zero-order valence-corrected chi connectivity index (χ0v) is 10.4. The van der Waals surface area contributed by atoms with E-state index in [1.54, 1.807) is 19.1 Å². The summed E-state index contributed by atoms with van der Waals surface area (Å²) < 4.78 is 4.75. The van der Waals surface area contributed by atoms with Gasteiger partial charge in [0, 0.05) is 13.2 Å². The molecule has 0 radical (unpaired) electrons. The molecule has 0 atom stereocenters. The molecule has 1 aromatic rings. The molecule has 0 N–H and O–H groups in total. The molecule has 0 bridgehead atoms. The Morgan fingerprint density at radius 3 is 2.82 bits per heavy atom. The number of carbonyl (C=O) groups is 2. The highest BCUT2D eigenvalue weighted by Crippen LogP contribution is 2.13. The maximum Gasteiger partial charge on any atom is 0.325 e. The van der Waals surface area contributed by atoms with Crippen molar-refractivity contribution in [3.8, 4) is 0 Å². The smallest absolute Gasteiger partial charge is 0.325 e. The van der Waals surface area contributed by atoms with Gasteiger partial charge >= 0.3 is 5.97 Å². The van der Waals surface area contributed by atoms with Crippen LogP contribution in [-0.4, -0.2) is 42.0 Å². The number of aromatic nitrogens is 1. The lowest BCUT2D eigenvalue weighted by molar-refractivity contribution is -0.143. The minimum atomic E-state index is -0.455. The molecule has 0 saturated heterocycles. The van der Waals surface area contributed by atoms with Crippen molar-refractivity contribution < 1.29 is 14.3 Å². The molecule has 1 heterocycles. The third-order valence-corrected chi connectivity index (χ3v) is 2.31. The molecular formula is C11H13ClN2O3. The van der Waals surface area contributed by atoms with Crippen LogP contribution in [0, 0.1) is 0 Å². The van der Waals surface area contributed by atoms with E-state index in [0.717, 1.165) is 0 Å². The van der Waals surface area contributed by atoms with E-state index >= 15 is 0 Å². The van der Waals surface area contributed by atoms with Gasteiger partial charge in [0.2, 0.25) is 0 Å². The summed E-state index contributed by atoms with van der Waals surface area (Å²) in [6.07, 6.45) is 1.49. The quantitative estimate of drug-likeness (QED) is 0.603. The average Bonchev–Trinajstić information content (AvgIpc) is 2.29. The Kier molecular flexibility index (Phi) is 4.90. The van der Waals surface area contributed by atoms with Crippen molar-refractivity contribution in [2.45, 2.75) is 6.92 Å². The van der Waals surface area contributed by atoms with E-state index in [1.807, 2.05) is 0 Å². The van der Waals surface area contributed by atoms with Crippen LogP contribution in [0.25, 0.3) is 0 Å². The number of ether oxygens (including phenoxy) is 1. The highest BCUT2D eigenvalue weighted by atomic mass is 35.5. The number of nitrogens with zero attached hydrogens (tertiary/aromatic N) is 2. The van der Waals surface area contributed by atoms with Crippen LogP contribution < -0.4 is 0 Å². The summed E-state index contributed by atoms with van der Waals surface area (Å²) in [5.74, 6) is -0.820. The number of hydrogen-bond acceptors (Lipinski definition) is 4. The second kappa shape index (κ2) is 6.20. The summed E-state index contributed by atoms with van der Waals surface area (Å²) in [6, 6.07) is 3.16. The third-order valence-electron chi connectivity index (χ3n) is 2.01. The van der Waals surface area contributed by atoms with Crippen LogP contribution in [0.3, 0.4) is 0 Å². The number of hydrogen-bond donors (Lipinski definition) is 0. The SMILES string of the molecule is CCOC(=O)CN(C)C(=O)c1cccnc1Cl. The Bertz CT molecular complexity index is 423. The molecule has 6 heteroatoms. The molecule has 1 aromatic heterocycles. The molecule has 5 nitrogen and oxygen atoms in total. The van der Waals surface area contributed by atoms with Gasteiger partial charge in [-0.1, -0.05) is 11.6 Å². The summed E-state index contributed by atoms with van der Waals surface area (Å²) in [5.41, 5.74) is 0.265. The first kappa shape index (κ1) is 13.4. The molecule has 0 saturated carbocycles. The molecule has 0 aliphatic heterocycles. The lowest BCUT2D eigenvalue weighted by Crippen LogP contribution is -2.33. The van der Waals surface area contributed by atoms with Crippen LogP contribution in [0.4, 0.5) is 0 Å². The second-order valence-corrected chi connectivity index (χ2v) is 3.67. The molecule has 1 amide bonds. The molecule has 0 unspecified atom stereocenters. The zero-order chi connectivity index (χ0) is 12.8. The van der Waals surface area contributed by atoms with Gasteiger partial charge in [0.15, 0.2) is 0 Å². The zero-order valence-electron chi connectivity index (χ0n) is 9.64. The van der Waals surface area contributed by atoms with Crippen LogP contribution in [0.1, 0.15) is 17.3 Å². The minimum Gasteiger partial charge on any atom is -0.465 e. The largest absolute Gasteiger partial charge is 0.465 e. The van der Waals surface area contributed by atoms with Crippen molar-refractivity contribution in [1.82, 2.24) is 9.88 Å². The number of rotatable bonds is 4. The van der Waals surface area contributed by atoms with Crippen molar-refractivity contribution in [3.63, 3.8) is 0 Å². The maximum absolute atomic E-state index is 11.9. The van der Waals surface area contributed by atoms with E-state index in [9.17, 15) is 9.59 Å². The van der Waals surface area contributed by atoms with Crippen LogP contribution >= 0.6 is 11.6 Å². The van der Waals surface area contributed by atoms with Crippen molar-refractivity contribution in [3.05, 3.63) is 29.0 Å². The predicted octanol–water partition coefficient (Wildman–Crippen LogP) is 1.37. The van der Waals surface area contributed by atoms with Crippen molar-refractivity contribution >= 4 is 23.5 Å². The van der Waals surface area contributed by atoms with Gasteiger partial charge in [0.05, 0.1) is 12.2 Å². The first-order chi connectivity index (χ1) is 8.06. The lowest BCUT2D eigenvalue weighted by Gasteiger charge is -2.16. The van der Waals surface area contributed by atoms with Crippen LogP contribution in [0.2, 0.25) is 5.15 Å². The average molecular weight is 257 g/mol. The molecule has 92 valence electrons. The normalized spacial score (nSPS) is 9.82. The van der Waals surface area contributed by atoms with Gasteiger partial charge in [-0.25, -0.2) is 4.98 Å². The number of likely N-dealkylation sites (N-methyl/N-ethyl adjacent to an activating group) is 1. The Morgan fingerprint density at radius 2 is 2.24 bits per heavy atom. The van der Waals surface area contributed by atoms with Crippen molar-refractivity contribution in [1.29, 1.82) is 0 Å². The van der Waals surface area contributed by atoms with Gasteiger partial charge in [-0.05, 0) is 19.1 Å². The van der Waals surface area contributed by atoms with Crippen LogP contribution in [0.5, 0.6) is 0 Å². The Balaban J connectivity index is 2.70. The summed E-state index contributed by atoms with van der Waals surface area (Å²) in [5, 5.41) is 0.119. The molecule has 0 aromatic carbocycles. The van der Waals surface area contributed by atoms with Crippen molar-refractivity contribution in [2.24, 2.45) is 0 Å². The first-order valence-corrected chi connectivity index (χ1v) is 5.45. The Labute approximate surface area is 104 Å². The summed E-state index contributed by atoms with van der Waals surface area (Å²) in [4.78, 5) is 28.1. The number of amides is 1. The van der Waals surface area contributed by atoms with Gasteiger partial charge in [0.25, 0.3) is 5.91 Å². The number of carbonyl (C=O) groups excluding carboxylic acids is 2. The molecule has 1 rings (SSSR count). The third kappa shape index (κ3) is 3.71. The Morgan fingerprint density at radius 1 is 1.53 bits per heavy atom. The monoisotopic (exact) mass is 256 g/mol. The fourth-order valence-corrected chi connectivity index (χ4v) is 1.42.